The van der Waals surface area contributed by atoms with E-state index in [0.717, 1.165) is 5.75 Å². The maximum absolute atomic E-state index is 11.7. The van der Waals surface area contributed by atoms with Crippen LogP contribution in [-0.4, -0.2) is 35.2 Å². The second-order valence-corrected chi connectivity index (χ2v) is 6.90. The van der Waals surface area contributed by atoms with E-state index in [1.807, 2.05) is 20.8 Å². The molecule has 0 aliphatic rings. The highest BCUT2D eigenvalue weighted by molar-refractivity contribution is 8.00. The molecule has 1 atom stereocenters. The highest BCUT2D eigenvalue weighted by Gasteiger charge is 2.23. The molecular formula is C12H25NO2S. The molecule has 0 spiro atoms. The fraction of sp³-hybridized carbons (Fsp3) is 0.917. The Hall–Kier alpha value is -0.220. The molecule has 0 radical (unpaired) electrons. The van der Waals surface area contributed by atoms with Gasteiger partial charge < -0.3 is 10.1 Å². The summed E-state index contributed by atoms with van der Waals surface area (Å²) in [6.45, 7) is 12.8. The van der Waals surface area contributed by atoms with Gasteiger partial charge in [-0.15, -0.1) is 0 Å². The van der Waals surface area contributed by atoms with Crippen LogP contribution in [0.15, 0.2) is 0 Å². The Morgan fingerprint density at radius 2 is 1.94 bits per heavy atom. The highest BCUT2D eigenvalue weighted by Crippen LogP contribution is 2.24. The Morgan fingerprint density at radius 3 is 2.31 bits per heavy atom. The molecule has 16 heavy (non-hydrogen) atoms. The van der Waals surface area contributed by atoms with Crippen LogP contribution in [0.2, 0.25) is 0 Å². The minimum atomic E-state index is -0.204. The van der Waals surface area contributed by atoms with Crippen LogP contribution in [0.1, 0.15) is 41.5 Å². The van der Waals surface area contributed by atoms with Crippen molar-refractivity contribution < 1.29 is 9.53 Å². The molecule has 4 heteroatoms. The van der Waals surface area contributed by atoms with Gasteiger partial charge in [-0.2, -0.15) is 11.8 Å². The molecule has 96 valence electrons. The average Bonchev–Trinajstić information content (AvgIpc) is 2.10. The first-order valence-corrected chi connectivity index (χ1v) is 6.81. The van der Waals surface area contributed by atoms with Gasteiger partial charge in [-0.1, -0.05) is 34.6 Å². The summed E-state index contributed by atoms with van der Waals surface area (Å²) in [5, 5.41) is 3.24. The van der Waals surface area contributed by atoms with Gasteiger partial charge in [0.1, 0.15) is 6.04 Å². The lowest BCUT2D eigenvalue weighted by Crippen LogP contribution is -2.44. The van der Waals surface area contributed by atoms with E-state index in [0.29, 0.717) is 6.61 Å². The van der Waals surface area contributed by atoms with Crippen molar-refractivity contribution in [3.8, 4) is 0 Å². The molecule has 0 saturated heterocycles. The van der Waals surface area contributed by atoms with Crippen molar-refractivity contribution in [1.82, 2.24) is 5.32 Å². The molecule has 0 aliphatic carbocycles. The largest absolute Gasteiger partial charge is 0.465 e. The Morgan fingerprint density at radius 1 is 1.38 bits per heavy atom. The van der Waals surface area contributed by atoms with Crippen LogP contribution in [0, 0.1) is 0 Å². The Kier molecular flexibility index (Phi) is 7.07. The number of carbonyl (C=O) groups is 1. The summed E-state index contributed by atoms with van der Waals surface area (Å²) >= 11 is 1.77. The topological polar surface area (TPSA) is 38.3 Å². The van der Waals surface area contributed by atoms with Gasteiger partial charge in [0.05, 0.1) is 6.61 Å². The lowest BCUT2D eigenvalue weighted by atomic mass is 10.2. The van der Waals surface area contributed by atoms with Crippen LogP contribution < -0.4 is 5.32 Å². The average molecular weight is 247 g/mol. The summed E-state index contributed by atoms with van der Waals surface area (Å²) in [5.74, 6) is 0.605. The molecule has 0 aromatic carbocycles. The van der Waals surface area contributed by atoms with Crippen LogP contribution in [0.25, 0.3) is 0 Å². The van der Waals surface area contributed by atoms with E-state index in [4.69, 9.17) is 4.74 Å². The number of ether oxygens (including phenoxy) is 1. The molecular weight excluding hydrogens is 222 g/mol. The molecule has 0 aromatic heterocycles. The molecule has 3 nitrogen and oxygen atoms in total. The highest BCUT2D eigenvalue weighted by atomic mass is 32.2. The molecule has 0 fully saturated rings. The zero-order valence-electron chi connectivity index (χ0n) is 11.3. The standard InChI is InChI=1S/C12H25NO2S/c1-7-15-11(14)10(13-9(2)3)8-16-12(4,5)6/h9-10,13H,7-8H2,1-6H3. The molecule has 0 aliphatic heterocycles. The zero-order valence-corrected chi connectivity index (χ0v) is 12.1. The monoisotopic (exact) mass is 247 g/mol. The van der Waals surface area contributed by atoms with Gasteiger partial charge in [0, 0.05) is 16.5 Å². The van der Waals surface area contributed by atoms with Gasteiger partial charge >= 0.3 is 5.97 Å². The minimum absolute atomic E-state index is 0.145. The van der Waals surface area contributed by atoms with Crippen LogP contribution in [0.3, 0.4) is 0 Å². The molecule has 0 aromatic rings. The lowest BCUT2D eigenvalue weighted by molar-refractivity contribution is -0.145. The molecule has 0 bridgehead atoms. The first-order valence-electron chi connectivity index (χ1n) is 5.83. The molecule has 0 rings (SSSR count). The predicted octanol–water partition coefficient (Wildman–Crippen LogP) is 2.45. The maximum atomic E-state index is 11.7. The van der Waals surface area contributed by atoms with E-state index < -0.39 is 0 Å². The van der Waals surface area contributed by atoms with E-state index in [9.17, 15) is 4.79 Å². The van der Waals surface area contributed by atoms with Crippen molar-refractivity contribution in [2.75, 3.05) is 12.4 Å². The number of hydrogen-bond donors (Lipinski definition) is 1. The Balaban J connectivity index is 4.26. The normalized spacial score (nSPS) is 13.9. The number of carbonyl (C=O) groups excluding carboxylic acids is 1. The zero-order chi connectivity index (χ0) is 12.8. The van der Waals surface area contributed by atoms with Crippen molar-refractivity contribution in [1.29, 1.82) is 0 Å². The van der Waals surface area contributed by atoms with Crippen LogP contribution in [-0.2, 0) is 9.53 Å². The first kappa shape index (κ1) is 15.8. The van der Waals surface area contributed by atoms with Crippen LogP contribution in [0.5, 0.6) is 0 Å². The summed E-state index contributed by atoms with van der Waals surface area (Å²) in [6, 6.07) is 0.0825. The summed E-state index contributed by atoms with van der Waals surface area (Å²) < 4.78 is 5.23. The number of hydrogen-bond acceptors (Lipinski definition) is 4. The molecule has 1 N–H and O–H groups in total. The third kappa shape index (κ3) is 7.99. The van der Waals surface area contributed by atoms with Crippen molar-refractivity contribution >= 4 is 17.7 Å². The Bertz CT molecular complexity index is 212. The molecule has 1 unspecified atom stereocenters. The minimum Gasteiger partial charge on any atom is -0.465 e. The van der Waals surface area contributed by atoms with E-state index in [1.165, 1.54) is 0 Å². The van der Waals surface area contributed by atoms with Crippen molar-refractivity contribution in [3.05, 3.63) is 0 Å². The van der Waals surface area contributed by atoms with Gasteiger partial charge in [0.25, 0.3) is 0 Å². The van der Waals surface area contributed by atoms with E-state index >= 15 is 0 Å². The van der Waals surface area contributed by atoms with Gasteiger partial charge in [0.15, 0.2) is 0 Å². The summed E-state index contributed by atoms with van der Waals surface area (Å²) in [4.78, 5) is 11.7. The first-order chi connectivity index (χ1) is 7.26. The quantitative estimate of drug-likeness (QED) is 0.732. The second-order valence-electron chi connectivity index (χ2n) is 5.05. The van der Waals surface area contributed by atoms with Gasteiger partial charge in [-0.3, -0.25) is 4.79 Å². The molecule has 0 amide bonds. The fourth-order valence-electron chi connectivity index (χ4n) is 1.16. The molecule has 0 heterocycles. The number of thioether (sulfide) groups is 1. The van der Waals surface area contributed by atoms with E-state index in [1.54, 1.807) is 11.8 Å². The van der Waals surface area contributed by atoms with Gasteiger partial charge in [0.2, 0.25) is 0 Å². The van der Waals surface area contributed by atoms with Crippen LogP contribution >= 0.6 is 11.8 Å². The predicted molar refractivity (Wildman–Crippen MR) is 70.9 cm³/mol. The van der Waals surface area contributed by atoms with E-state index in [-0.39, 0.29) is 22.8 Å². The van der Waals surface area contributed by atoms with E-state index in [2.05, 4.69) is 26.1 Å². The number of esters is 1. The summed E-state index contributed by atoms with van der Waals surface area (Å²) in [5.41, 5.74) is 0. The third-order valence-electron chi connectivity index (χ3n) is 1.79. The lowest BCUT2D eigenvalue weighted by Gasteiger charge is -2.24. The van der Waals surface area contributed by atoms with Gasteiger partial charge in [-0.25, -0.2) is 0 Å². The Labute approximate surface area is 104 Å². The number of rotatable bonds is 6. The molecule has 0 saturated carbocycles. The second kappa shape index (κ2) is 7.17. The van der Waals surface area contributed by atoms with Crippen molar-refractivity contribution in [2.24, 2.45) is 0 Å². The maximum Gasteiger partial charge on any atom is 0.323 e. The summed E-state index contributed by atoms with van der Waals surface area (Å²) in [6.07, 6.45) is 0. The fourth-order valence-corrected chi connectivity index (χ4v) is 2.06. The van der Waals surface area contributed by atoms with Crippen molar-refractivity contribution in [2.45, 2.75) is 58.4 Å². The number of nitrogens with one attached hydrogen (secondary N) is 1. The van der Waals surface area contributed by atoms with Crippen LogP contribution in [0.4, 0.5) is 0 Å². The van der Waals surface area contributed by atoms with Gasteiger partial charge in [-0.05, 0) is 6.92 Å². The SMILES string of the molecule is CCOC(=O)C(CSC(C)(C)C)NC(C)C. The smallest absolute Gasteiger partial charge is 0.323 e. The third-order valence-corrected chi connectivity index (χ3v) is 3.15. The van der Waals surface area contributed by atoms with Crippen molar-refractivity contribution in [3.63, 3.8) is 0 Å². The summed E-state index contributed by atoms with van der Waals surface area (Å²) in [7, 11) is 0.